The van der Waals surface area contributed by atoms with Gasteiger partial charge in [-0.3, -0.25) is 4.79 Å². The quantitative estimate of drug-likeness (QED) is 0.636. The molecule has 0 amide bonds. The first kappa shape index (κ1) is 17.7. The van der Waals surface area contributed by atoms with Crippen molar-refractivity contribution in [2.24, 2.45) is 34.5 Å². The lowest BCUT2D eigenvalue weighted by Gasteiger charge is -2.59. The van der Waals surface area contributed by atoms with E-state index in [-0.39, 0.29) is 34.4 Å². The Kier molecular flexibility index (Phi) is 3.99. The minimum atomic E-state index is -0.518. The predicted octanol–water partition coefficient (Wildman–Crippen LogP) is 2.46. The Morgan fingerprint density at radius 1 is 1.16 bits per heavy atom. The van der Waals surface area contributed by atoms with E-state index in [4.69, 9.17) is 0 Å². The smallest absolute Gasteiger partial charge is 0.137 e. The maximum atomic E-state index is 13.0. The molecular weight excluding hydrogens is 316 g/mol. The van der Waals surface area contributed by atoms with Crippen molar-refractivity contribution < 1.29 is 20.1 Å². The van der Waals surface area contributed by atoms with E-state index in [2.05, 4.69) is 13.8 Å². The first-order chi connectivity index (χ1) is 11.7. The number of carbonyl (C=O) groups is 1. The third kappa shape index (κ3) is 2.33. The molecule has 0 radical (unpaired) electrons. The van der Waals surface area contributed by atoms with Crippen LogP contribution in [0.2, 0.25) is 0 Å². The van der Waals surface area contributed by atoms with Gasteiger partial charge in [-0.05, 0) is 67.6 Å². The Balaban J connectivity index is 1.74. The van der Waals surface area contributed by atoms with Crippen LogP contribution in [0.1, 0.15) is 59.3 Å². The topological polar surface area (TPSA) is 77.8 Å². The van der Waals surface area contributed by atoms with E-state index in [0.29, 0.717) is 18.8 Å². The molecule has 0 unspecified atom stereocenters. The zero-order chi connectivity index (χ0) is 18.1. The van der Waals surface area contributed by atoms with Crippen LogP contribution >= 0.6 is 0 Å². The van der Waals surface area contributed by atoms with Crippen LogP contribution in [0.15, 0.2) is 11.6 Å². The van der Waals surface area contributed by atoms with Crippen molar-refractivity contribution >= 4 is 5.78 Å². The van der Waals surface area contributed by atoms with E-state index in [9.17, 15) is 20.1 Å². The van der Waals surface area contributed by atoms with Gasteiger partial charge in [-0.1, -0.05) is 25.5 Å². The second-order valence-electron chi connectivity index (χ2n) is 9.71. The SMILES string of the molecule is C[C@H](O)[C@H]1CC(=O)[C@@H]2[C@@H]3[C@@H](CC[C@]12C)[C@@]1(C)CC[C@@H](O)C=C1C[C@@H]3O. The van der Waals surface area contributed by atoms with Gasteiger partial charge in [0.1, 0.15) is 5.78 Å². The summed E-state index contributed by atoms with van der Waals surface area (Å²) in [5, 5.41) is 31.3. The molecule has 3 saturated carbocycles. The van der Waals surface area contributed by atoms with Gasteiger partial charge in [-0.15, -0.1) is 0 Å². The third-order valence-corrected chi connectivity index (χ3v) is 8.53. The summed E-state index contributed by atoms with van der Waals surface area (Å²) in [6.07, 6.45) is 5.24. The second-order valence-corrected chi connectivity index (χ2v) is 9.71. The molecule has 0 heterocycles. The summed E-state index contributed by atoms with van der Waals surface area (Å²) in [5.74, 6) is 0.410. The molecule has 4 heteroatoms. The predicted molar refractivity (Wildman–Crippen MR) is 94.7 cm³/mol. The van der Waals surface area contributed by atoms with Crippen LogP contribution in [-0.4, -0.2) is 39.4 Å². The van der Waals surface area contributed by atoms with Gasteiger partial charge in [-0.2, -0.15) is 0 Å². The molecule has 140 valence electrons. The largest absolute Gasteiger partial charge is 0.393 e. The highest BCUT2D eigenvalue weighted by Gasteiger charge is 2.64. The molecule has 0 spiro atoms. The number of fused-ring (bicyclic) bond motifs is 5. The van der Waals surface area contributed by atoms with Crippen molar-refractivity contribution in [1.29, 1.82) is 0 Å². The minimum absolute atomic E-state index is 0.00630. The summed E-state index contributed by atoms with van der Waals surface area (Å²) in [4.78, 5) is 13.0. The molecule has 3 fully saturated rings. The first-order valence-corrected chi connectivity index (χ1v) is 9.96. The standard InChI is InChI=1S/C21H32O4/c1-11(22)15-10-17(25)19-18-14(5-7-21(15,19)3)20(2)6-4-13(23)8-12(20)9-16(18)24/h8,11,13-16,18-19,22-24H,4-7,9-10H2,1-3H3/t11-,13+,14+,15+,16-,18+,19+,20-,21+/m0/s1. The molecule has 0 aromatic heterocycles. The van der Waals surface area contributed by atoms with E-state index >= 15 is 0 Å². The van der Waals surface area contributed by atoms with Crippen LogP contribution in [0.25, 0.3) is 0 Å². The normalized spacial score (nSPS) is 53.5. The maximum absolute atomic E-state index is 13.0. The van der Waals surface area contributed by atoms with E-state index < -0.39 is 18.3 Å². The molecule has 3 N–H and O–H groups in total. The van der Waals surface area contributed by atoms with E-state index in [1.807, 2.05) is 6.08 Å². The van der Waals surface area contributed by atoms with Crippen molar-refractivity contribution in [3.05, 3.63) is 11.6 Å². The monoisotopic (exact) mass is 348 g/mol. The van der Waals surface area contributed by atoms with Crippen LogP contribution in [0.4, 0.5) is 0 Å². The van der Waals surface area contributed by atoms with Crippen molar-refractivity contribution in [3.8, 4) is 0 Å². The molecule has 4 nitrogen and oxygen atoms in total. The number of hydrogen-bond acceptors (Lipinski definition) is 4. The Morgan fingerprint density at radius 2 is 1.88 bits per heavy atom. The van der Waals surface area contributed by atoms with E-state index in [1.165, 1.54) is 5.57 Å². The molecule has 0 aromatic rings. The van der Waals surface area contributed by atoms with Gasteiger partial charge < -0.3 is 15.3 Å². The summed E-state index contributed by atoms with van der Waals surface area (Å²) in [7, 11) is 0. The molecule has 0 bridgehead atoms. The third-order valence-electron chi connectivity index (χ3n) is 8.53. The summed E-state index contributed by atoms with van der Waals surface area (Å²) >= 11 is 0. The number of carbonyl (C=O) groups excluding carboxylic acids is 1. The molecule has 0 saturated heterocycles. The minimum Gasteiger partial charge on any atom is -0.393 e. The van der Waals surface area contributed by atoms with Crippen molar-refractivity contribution in [1.82, 2.24) is 0 Å². The average Bonchev–Trinajstić information content (AvgIpc) is 2.81. The van der Waals surface area contributed by atoms with Crippen LogP contribution in [0.3, 0.4) is 0 Å². The van der Waals surface area contributed by atoms with Gasteiger partial charge in [0.05, 0.1) is 18.3 Å². The molecule has 9 atom stereocenters. The molecule has 0 aliphatic heterocycles. The fraction of sp³-hybridized carbons (Fsp3) is 0.857. The van der Waals surface area contributed by atoms with Crippen LogP contribution in [0, 0.1) is 34.5 Å². The lowest BCUT2D eigenvalue weighted by atomic mass is 9.46. The highest BCUT2D eigenvalue weighted by Crippen LogP contribution is 2.66. The Morgan fingerprint density at radius 3 is 2.56 bits per heavy atom. The lowest BCUT2D eigenvalue weighted by molar-refractivity contribution is -0.144. The second kappa shape index (κ2) is 5.64. The highest BCUT2D eigenvalue weighted by atomic mass is 16.3. The van der Waals surface area contributed by atoms with Crippen molar-refractivity contribution in [3.63, 3.8) is 0 Å². The molecule has 25 heavy (non-hydrogen) atoms. The first-order valence-electron chi connectivity index (χ1n) is 9.96. The van der Waals surface area contributed by atoms with Gasteiger partial charge >= 0.3 is 0 Å². The van der Waals surface area contributed by atoms with Crippen molar-refractivity contribution in [2.45, 2.75) is 77.6 Å². The van der Waals surface area contributed by atoms with Gasteiger partial charge in [0, 0.05) is 12.3 Å². The summed E-state index contributed by atoms with van der Waals surface area (Å²) < 4.78 is 0. The average molecular weight is 348 g/mol. The van der Waals surface area contributed by atoms with Gasteiger partial charge in [0.15, 0.2) is 0 Å². The highest BCUT2D eigenvalue weighted by molar-refractivity contribution is 5.85. The van der Waals surface area contributed by atoms with E-state index in [1.54, 1.807) is 6.92 Å². The fourth-order valence-corrected chi connectivity index (χ4v) is 7.22. The summed E-state index contributed by atoms with van der Waals surface area (Å²) in [6, 6.07) is 0. The lowest BCUT2D eigenvalue weighted by Crippen LogP contribution is -2.57. The number of aliphatic hydroxyl groups excluding tert-OH is 3. The number of hydrogen-bond donors (Lipinski definition) is 3. The zero-order valence-corrected chi connectivity index (χ0v) is 15.6. The van der Waals surface area contributed by atoms with Crippen LogP contribution in [0.5, 0.6) is 0 Å². The number of Topliss-reactive ketones (excluding diaryl/α,β-unsaturated/α-hetero) is 1. The number of rotatable bonds is 1. The maximum Gasteiger partial charge on any atom is 0.137 e. The Hall–Kier alpha value is -0.710. The molecule has 0 aromatic carbocycles. The Labute approximate surface area is 150 Å². The molecular formula is C21H32O4. The Bertz CT molecular complexity index is 611. The zero-order valence-electron chi connectivity index (χ0n) is 15.6. The van der Waals surface area contributed by atoms with Gasteiger partial charge in [0.2, 0.25) is 0 Å². The molecule has 4 aliphatic rings. The summed E-state index contributed by atoms with van der Waals surface area (Å²) in [5.41, 5.74) is 0.994. The van der Waals surface area contributed by atoms with Gasteiger partial charge in [0.25, 0.3) is 0 Å². The van der Waals surface area contributed by atoms with Crippen LogP contribution in [-0.2, 0) is 4.79 Å². The van der Waals surface area contributed by atoms with Crippen molar-refractivity contribution in [2.75, 3.05) is 0 Å². The molecule has 4 aliphatic carbocycles. The summed E-state index contributed by atoms with van der Waals surface area (Å²) in [6.45, 7) is 6.25. The van der Waals surface area contributed by atoms with Gasteiger partial charge in [-0.25, -0.2) is 0 Å². The fourth-order valence-electron chi connectivity index (χ4n) is 7.22. The van der Waals surface area contributed by atoms with Crippen LogP contribution < -0.4 is 0 Å². The number of ketones is 1. The molecule has 4 rings (SSSR count). The number of aliphatic hydroxyl groups is 3. The van der Waals surface area contributed by atoms with E-state index in [0.717, 1.165) is 25.7 Å².